The summed E-state index contributed by atoms with van der Waals surface area (Å²) in [4.78, 5) is 0. The van der Waals surface area contributed by atoms with Gasteiger partial charge in [0.25, 0.3) is 0 Å². The summed E-state index contributed by atoms with van der Waals surface area (Å²) in [5.41, 5.74) is 6.02. The van der Waals surface area contributed by atoms with E-state index in [1.165, 1.54) is 0 Å². The van der Waals surface area contributed by atoms with Crippen LogP contribution in [0.5, 0.6) is 0 Å². The number of nitrogens with two attached hydrogens (primary N) is 1. The van der Waals surface area contributed by atoms with Gasteiger partial charge in [0, 0.05) is 13.7 Å². The van der Waals surface area contributed by atoms with Crippen molar-refractivity contribution in [3.8, 4) is 0 Å². The second-order valence-electron chi connectivity index (χ2n) is 6.58. The number of aliphatic hydroxyl groups excluding tert-OH is 1. The molecule has 120 valence electrons. The van der Waals surface area contributed by atoms with Gasteiger partial charge in [-0.2, -0.15) is 0 Å². The van der Waals surface area contributed by atoms with E-state index in [9.17, 15) is 5.11 Å². The van der Waals surface area contributed by atoms with Crippen LogP contribution in [-0.4, -0.2) is 56.9 Å². The van der Waals surface area contributed by atoms with E-state index in [0.29, 0.717) is 25.2 Å². The maximum atomic E-state index is 9.86. The predicted octanol–water partition coefficient (Wildman–Crippen LogP) is 1.32. The van der Waals surface area contributed by atoms with E-state index in [2.05, 4.69) is 13.8 Å². The van der Waals surface area contributed by atoms with Crippen molar-refractivity contribution in [1.29, 1.82) is 0 Å². The Morgan fingerprint density at radius 1 is 1.10 bits per heavy atom. The van der Waals surface area contributed by atoms with E-state index >= 15 is 0 Å². The first-order valence-electron chi connectivity index (χ1n) is 7.52. The first-order chi connectivity index (χ1) is 9.43. The molecule has 0 aliphatic heterocycles. The van der Waals surface area contributed by atoms with Crippen molar-refractivity contribution in [2.24, 2.45) is 11.1 Å². The van der Waals surface area contributed by atoms with Crippen molar-refractivity contribution < 1.29 is 19.3 Å². The van der Waals surface area contributed by atoms with Crippen LogP contribution in [0.15, 0.2) is 0 Å². The van der Waals surface area contributed by atoms with Gasteiger partial charge in [0.15, 0.2) is 0 Å². The molecule has 0 bridgehead atoms. The maximum Gasteiger partial charge on any atom is 0.101 e. The number of aliphatic hydroxyl groups is 1. The monoisotopic (exact) mass is 289 g/mol. The quantitative estimate of drug-likeness (QED) is 0.626. The molecule has 3 N–H and O–H groups in total. The van der Waals surface area contributed by atoms with Gasteiger partial charge in [-0.1, -0.05) is 13.8 Å². The highest BCUT2D eigenvalue weighted by Gasteiger charge is 2.38. The molecule has 0 amide bonds. The van der Waals surface area contributed by atoms with Crippen molar-refractivity contribution in [3.63, 3.8) is 0 Å². The SMILES string of the molecule is COCCOCC(O)COC1(CN)CCC(C)(C)CC1. The Hall–Kier alpha value is -0.200. The van der Waals surface area contributed by atoms with Gasteiger partial charge in [0.05, 0.1) is 32.0 Å². The average molecular weight is 289 g/mol. The molecule has 1 aliphatic carbocycles. The van der Waals surface area contributed by atoms with Gasteiger partial charge in [0.2, 0.25) is 0 Å². The number of hydrogen-bond donors (Lipinski definition) is 2. The Bertz CT molecular complexity index is 261. The normalized spacial score (nSPS) is 22.6. The molecule has 0 heterocycles. The fourth-order valence-corrected chi connectivity index (χ4v) is 2.47. The molecule has 5 nitrogen and oxygen atoms in total. The van der Waals surface area contributed by atoms with Crippen LogP contribution >= 0.6 is 0 Å². The molecular weight excluding hydrogens is 258 g/mol. The van der Waals surface area contributed by atoms with E-state index in [1.54, 1.807) is 7.11 Å². The van der Waals surface area contributed by atoms with E-state index in [1.807, 2.05) is 0 Å². The topological polar surface area (TPSA) is 73.9 Å². The lowest BCUT2D eigenvalue weighted by molar-refractivity contribution is -0.118. The lowest BCUT2D eigenvalue weighted by atomic mass is 9.71. The third-order valence-electron chi connectivity index (χ3n) is 4.21. The molecule has 1 saturated carbocycles. The fourth-order valence-electron chi connectivity index (χ4n) is 2.47. The average Bonchev–Trinajstić information content (AvgIpc) is 2.43. The third-order valence-corrected chi connectivity index (χ3v) is 4.21. The first-order valence-corrected chi connectivity index (χ1v) is 7.52. The van der Waals surface area contributed by atoms with Gasteiger partial charge in [-0.3, -0.25) is 0 Å². The molecule has 20 heavy (non-hydrogen) atoms. The van der Waals surface area contributed by atoms with Crippen LogP contribution in [0.2, 0.25) is 0 Å². The molecule has 0 saturated heterocycles. The van der Waals surface area contributed by atoms with Crippen LogP contribution in [0.4, 0.5) is 0 Å². The van der Waals surface area contributed by atoms with Gasteiger partial charge >= 0.3 is 0 Å². The summed E-state index contributed by atoms with van der Waals surface area (Å²) < 4.78 is 16.1. The van der Waals surface area contributed by atoms with Gasteiger partial charge in [0.1, 0.15) is 6.10 Å². The van der Waals surface area contributed by atoms with Crippen LogP contribution < -0.4 is 5.73 Å². The summed E-state index contributed by atoms with van der Waals surface area (Å²) >= 11 is 0. The van der Waals surface area contributed by atoms with E-state index < -0.39 is 6.10 Å². The Kier molecular flexibility index (Phi) is 7.40. The maximum absolute atomic E-state index is 9.86. The third kappa shape index (κ3) is 6.06. The minimum absolute atomic E-state index is 0.261. The molecule has 0 aromatic heterocycles. The number of hydrogen-bond acceptors (Lipinski definition) is 5. The fraction of sp³-hybridized carbons (Fsp3) is 1.00. The molecule has 5 heteroatoms. The Morgan fingerprint density at radius 2 is 1.75 bits per heavy atom. The Labute approximate surface area is 122 Å². The van der Waals surface area contributed by atoms with Gasteiger partial charge in [-0.25, -0.2) is 0 Å². The standard InChI is InChI=1S/C15H31NO4/c1-14(2)4-6-15(12-16,7-5-14)20-11-13(17)10-19-9-8-18-3/h13,17H,4-12,16H2,1-3H3. The summed E-state index contributed by atoms with van der Waals surface area (Å²) in [5.74, 6) is 0. The van der Waals surface area contributed by atoms with Crippen molar-refractivity contribution in [3.05, 3.63) is 0 Å². The highest BCUT2D eigenvalue weighted by molar-refractivity contribution is 4.91. The largest absolute Gasteiger partial charge is 0.388 e. The van der Waals surface area contributed by atoms with E-state index in [-0.39, 0.29) is 18.8 Å². The van der Waals surface area contributed by atoms with Crippen LogP contribution in [0.1, 0.15) is 39.5 Å². The summed E-state index contributed by atoms with van der Waals surface area (Å²) in [6.45, 7) is 6.66. The van der Waals surface area contributed by atoms with Crippen LogP contribution in [0, 0.1) is 5.41 Å². The summed E-state index contributed by atoms with van der Waals surface area (Å²) in [6, 6.07) is 0. The molecule has 0 radical (unpaired) electrons. The van der Waals surface area contributed by atoms with E-state index in [0.717, 1.165) is 25.7 Å². The second kappa shape index (κ2) is 8.29. The van der Waals surface area contributed by atoms with Crippen molar-refractivity contribution >= 4 is 0 Å². The highest BCUT2D eigenvalue weighted by Crippen LogP contribution is 2.41. The molecule has 1 fully saturated rings. The van der Waals surface area contributed by atoms with Crippen molar-refractivity contribution in [1.82, 2.24) is 0 Å². The van der Waals surface area contributed by atoms with Gasteiger partial charge in [-0.05, 0) is 31.1 Å². The molecule has 1 atom stereocenters. The van der Waals surface area contributed by atoms with Crippen molar-refractivity contribution in [2.75, 3.05) is 40.1 Å². The minimum Gasteiger partial charge on any atom is -0.388 e. The van der Waals surface area contributed by atoms with E-state index in [4.69, 9.17) is 19.9 Å². The molecule has 0 spiro atoms. The summed E-state index contributed by atoms with van der Waals surface area (Å²) in [7, 11) is 1.62. The number of ether oxygens (including phenoxy) is 3. The molecule has 1 rings (SSSR count). The molecule has 1 unspecified atom stereocenters. The highest BCUT2D eigenvalue weighted by atomic mass is 16.5. The van der Waals surface area contributed by atoms with Crippen LogP contribution in [-0.2, 0) is 14.2 Å². The molecule has 1 aliphatic rings. The van der Waals surface area contributed by atoms with Crippen molar-refractivity contribution in [2.45, 2.75) is 51.2 Å². The lowest BCUT2D eigenvalue weighted by Gasteiger charge is -2.43. The zero-order valence-electron chi connectivity index (χ0n) is 13.2. The number of rotatable bonds is 9. The van der Waals surface area contributed by atoms with Gasteiger partial charge < -0.3 is 25.1 Å². The smallest absolute Gasteiger partial charge is 0.101 e. The van der Waals surface area contributed by atoms with Crippen LogP contribution in [0.25, 0.3) is 0 Å². The zero-order valence-corrected chi connectivity index (χ0v) is 13.2. The predicted molar refractivity (Wildman–Crippen MR) is 78.7 cm³/mol. The molecular formula is C15H31NO4. The lowest BCUT2D eigenvalue weighted by Crippen LogP contribution is -2.47. The first kappa shape index (κ1) is 17.9. The summed E-state index contributed by atoms with van der Waals surface area (Å²) in [5, 5.41) is 9.86. The Morgan fingerprint density at radius 3 is 2.30 bits per heavy atom. The second-order valence-corrected chi connectivity index (χ2v) is 6.58. The van der Waals surface area contributed by atoms with Gasteiger partial charge in [-0.15, -0.1) is 0 Å². The minimum atomic E-state index is -0.606. The Balaban J connectivity index is 2.27. The summed E-state index contributed by atoms with van der Waals surface area (Å²) in [6.07, 6.45) is 3.56. The zero-order chi connectivity index (χ0) is 15.1. The molecule has 0 aromatic carbocycles. The van der Waals surface area contributed by atoms with Crippen LogP contribution in [0.3, 0.4) is 0 Å². The number of methoxy groups -OCH3 is 1. The molecule has 0 aromatic rings.